The lowest BCUT2D eigenvalue weighted by Crippen LogP contribution is -2.33. The van der Waals surface area contributed by atoms with E-state index in [-0.39, 0.29) is 5.91 Å². The normalized spacial score (nSPS) is 18.1. The highest BCUT2D eigenvalue weighted by Crippen LogP contribution is 2.20. The molecule has 134 valence electrons. The Morgan fingerprint density at radius 3 is 2.92 bits per heavy atom. The maximum Gasteiger partial charge on any atom is 0.256 e. The van der Waals surface area contributed by atoms with Gasteiger partial charge in [-0.1, -0.05) is 19.1 Å². The molecule has 1 unspecified atom stereocenters. The fourth-order valence-corrected chi connectivity index (χ4v) is 3.74. The lowest BCUT2D eigenvalue weighted by molar-refractivity contribution is 0.102. The second-order valence-electron chi connectivity index (χ2n) is 7.23. The van der Waals surface area contributed by atoms with Crippen LogP contribution in [0.25, 0.3) is 11.0 Å². The van der Waals surface area contributed by atoms with Gasteiger partial charge in [-0.2, -0.15) is 0 Å². The van der Waals surface area contributed by atoms with Gasteiger partial charge in [-0.25, -0.2) is 4.98 Å². The fraction of sp³-hybridized carbons (Fsp3) is 0.333. The lowest BCUT2D eigenvalue weighted by atomic mass is 10.00. The number of H-pyrrole nitrogens is 1. The van der Waals surface area contributed by atoms with E-state index in [1.165, 1.54) is 31.5 Å². The number of piperidine rings is 1. The Hall–Kier alpha value is -2.66. The summed E-state index contributed by atoms with van der Waals surface area (Å²) in [4.78, 5) is 22.4. The van der Waals surface area contributed by atoms with Gasteiger partial charge in [-0.05, 0) is 55.1 Å². The zero-order chi connectivity index (χ0) is 17.9. The number of nitrogens with zero attached hydrogens (tertiary/aromatic N) is 2. The van der Waals surface area contributed by atoms with Crippen molar-refractivity contribution in [2.45, 2.75) is 26.3 Å². The van der Waals surface area contributed by atoms with Crippen LogP contribution in [0.3, 0.4) is 0 Å². The molecule has 0 spiro atoms. The molecule has 0 aliphatic carbocycles. The molecule has 0 saturated carbocycles. The Labute approximate surface area is 153 Å². The standard InChI is InChI=1S/C21H24N4O/c1-15-3-2-12-25(13-15)14-16-4-6-17(7-5-16)24-21(26)19-9-11-23-20-18(19)8-10-22-20/h4-11,15H,2-3,12-14H2,1H3,(H,22,23)(H,24,26). The fourth-order valence-electron chi connectivity index (χ4n) is 3.74. The molecule has 1 aromatic carbocycles. The number of hydrogen-bond donors (Lipinski definition) is 2. The van der Waals surface area contributed by atoms with Crippen molar-refractivity contribution in [2.24, 2.45) is 5.92 Å². The molecule has 1 atom stereocenters. The first-order valence-electron chi connectivity index (χ1n) is 9.24. The van der Waals surface area contributed by atoms with Gasteiger partial charge in [0.25, 0.3) is 5.91 Å². The van der Waals surface area contributed by atoms with Crippen LogP contribution < -0.4 is 5.32 Å². The monoisotopic (exact) mass is 348 g/mol. The van der Waals surface area contributed by atoms with Crippen molar-refractivity contribution >= 4 is 22.6 Å². The van der Waals surface area contributed by atoms with Crippen LogP contribution in [0.5, 0.6) is 0 Å². The molecule has 3 heterocycles. The molecule has 5 heteroatoms. The van der Waals surface area contributed by atoms with E-state index in [0.29, 0.717) is 5.56 Å². The predicted octanol–water partition coefficient (Wildman–Crippen LogP) is 4.05. The molecular weight excluding hydrogens is 324 g/mol. The van der Waals surface area contributed by atoms with Crippen LogP contribution in [0.15, 0.2) is 48.8 Å². The number of carbonyl (C=O) groups is 1. The van der Waals surface area contributed by atoms with Gasteiger partial charge in [-0.3, -0.25) is 9.69 Å². The number of fused-ring (bicyclic) bond motifs is 1. The molecule has 1 fully saturated rings. The number of carbonyl (C=O) groups excluding carboxylic acids is 1. The lowest BCUT2D eigenvalue weighted by Gasteiger charge is -2.30. The molecular formula is C21H24N4O. The Bertz CT molecular complexity index is 900. The summed E-state index contributed by atoms with van der Waals surface area (Å²) in [7, 11) is 0. The predicted molar refractivity (Wildman–Crippen MR) is 104 cm³/mol. The summed E-state index contributed by atoms with van der Waals surface area (Å²) in [6, 6.07) is 11.8. The van der Waals surface area contributed by atoms with Crippen molar-refractivity contribution in [2.75, 3.05) is 18.4 Å². The van der Waals surface area contributed by atoms with E-state index in [9.17, 15) is 4.79 Å². The van der Waals surface area contributed by atoms with Gasteiger partial charge >= 0.3 is 0 Å². The number of anilines is 1. The smallest absolute Gasteiger partial charge is 0.256 e. The van der Waals surface area contributed by atoms with Crippen LogP contribution in [-0.2, 0) is 6.54 Å². The van der Waals surface area contributed by atoms with Gasteiger partial charge in [0.15, 0.2) is 0 Å². The number of likely N-dealkylation sites (tertiary alicyclic amines) is 1. The Balaban J connectivity index is 1.42. The Morgan fingerprint density at radius 1 is 1.27 bits per heavy atom. The first kappa shape index (κ1) is 16.8. The Kier molecular flexibility index (Phi) is 4.71. The number of nitrogens with one attached hydrogen (secondary N) is 2. The van der Waals surface area contributed by atoms with E-state index >= 15 is 0 Å². The molecule has 1 amide bonds. The van der Waals surface area contributed by atoms with E-state index < -0.39 is 0 Å². The van der Waals surface area contributed by atoms with E-state index in [2.05, 4.69) is 39.2 Å². The van der Waals surface area contributed by atoms with Crippen LogP contribution in [-0.4, -0.2) is 33.9 Å². The number of aromatic nitrogens is 2. The van der Waals surface area contributed by atoms with Crippen molar-refractivity contribution in [3.05, 3.63) is 59.9 Å². The summed E-state index contributed by atoms with van der Waals surface area (Å²) in [6.07, 6.45) is 6.07. The molecule has 1 saturated heterocycles. The van der Waals surface area contributed by atoms with Crippen molar-refractivity contribution in [1.29, 1.82) is 0 Å². The molecule has 1 aliphatic heterocycles. The molecule has 1 aliphatic rings. The minimum atomic E-state index is -0.116. The number of benzene rings is 1. The molecule has 26 heavy (non-hydrogen) atoms. The third-order valence-corrected chi connectivity index (χ3v) is 5.06. The number of amides is 1. The summed E-state index contributed by atoms with van der Waals surface area (Å²) < 4.78 is 0. The van der Waals surface area contributed by atoms with E-state index in [4.69, 9.17) is 0 Å². The Morgan fingerprint density at radius 2 is 2.12 bits per heavy atom. The summed E-state index contributed by atoms with van der Waals surface area (Å²) >= 11 is 0. The van der Waals surface area contributed by atoms with Crippen LogP contribution in [0.4, 0.5) is 5.69 Å². The van der Waals surface area contributed by atoms with Gasteiger partial charge in [0.1, 0.15) is 5.65 Å². The van der Waals surface area contributed by atoms with Gasteiger partial charge < -0.3 is 10.3 Å². The first-order chi connectivity index (χ1) is 12.7. The molecule has 2 aromatic heterocycles. The SMILES string of the molecule is CC1CCCN(Cc2ccc(NC(=O)c3ccnc4[nH]ccc34)cc2)C1. The highest BCUT2D eigenvalue weighted by molar-refractivity contribution is 6.11. The number of hydrogen-bond acceptors (Lipinski definition) is 3. The van der Waals surface area contributed by atoms with E-state index in [1.54, 1.807) is 18.5 Å². The third kappa shape index (κ3) is 3.63. The van der Waals surface area contributed by atoms with Crippen molar-refractivity contribution < 1.29 is 4.79 Å². The van der Waals surface area contributed by atoms with E-state index in [1.807, 2.05) is 18.2 Å². The molecule has 4 rings (SSSR count). The van der Waals surface area contributed by atoms with Crippen LogP contribution in [0.1, 0.15) is 35.7 Å². The van der Waals surface area contributed by atoms with Crippen molar-refractivity contribution in [1.82, 2.24) is 14.9 Å². The maximum atomic E-state index is 12.6. The topological polar surface area (TPSA) is 61.0 Å². The van der Waals surface area contributed by atoms with Crippen molar-refractivity contribution in [3.8, 4) is 0 Å². The van der Waals surface area contributed by atoms with Crippen LogP contribution in [0, 0.1) is 5.92 Å². The molecule has 3 aromatic rings. The highest BCUT2D eigenvalue weighted by atomic mass is 16.1. The summed E-state index contributed by atoms with van der Waals surface area (Å²) in [5.41, 5.74) is 3.45. The molecule has 0 bridgehead atoms. The summed E-state index contributed by atoms with van der Waals surface area (Å²) in [6.45, 7) is 5.66. The number of pyridine rings is 1. The largest absolute Gasteiger partial charge is 0.346 e. The number of rotatable bonds is 4. The van der Waals surface area contributed by atoms with Crippen LogP contribution >= 0.6 is 0 Å². The minimum absolute atomic E-state index is 0.116. The summed E-state index contributed by atoms with van der Waals surface area (Å²) in [5.74, 6) is 0.669. The van der Waals surface area contributed by atoms with Gasteiger partial charge in [0.2, 0.25) is 0 Å². The average molecular weight is 348 g/mol. The van der Waals surface area contributed by atoms with Gasteiger partial charge in [0.05, 0.1) is 5.56 Å². The zero-order valence-corrected chi connectivity index (χ0v) is 15.0. The molecule has 0 radical (unpaired) electrons. The van der Waals surface area contributed by atoms with Gasteiger partial charge in [-0.15, -0.1) is 0 Å². The maximum absolute atomic E-state index is 12.6. The van der Waals surface area contributed by atoms with Crippen LogP contribution in [0.2, 0.25) is 0 Å². The van der Waals surface area contributed by atoms with Crippen molar-refractivity contribution in [3.63, 3.8) is 0 Å². The first-order valence-corrected chi connectivity index (χ1v) is 9.24. The second-order valence-corrected chi connectivity index (χ2v) is 7.23. The average Bonchev–Trinajstić information content (AvgIpc) is 3.12. The highest BCUT2D eigenvalue weighted by Gasteiger charge is 2.16. The minimum Gasteiger partial charge on any atom is -0.346 e. The summed E-state index contributed by atoms with van der Waals surface area (Å²) in [5, 5.41) is 3.82. The quantitative estimate of drug-likeness (QED) is 0.748. The van der Waals surface area contributed by atoms with Gasteiger partial charge in [0, 0.05) is 36.6 Å². The molecule has 2 N–H and O–H groups in total. The molecule has 5 nitrogen and oxygen atoms in total. The zero-order valence-electron chi connectivity index (χ0n) is 15.0. The third-order valence-electron chi connectivity index (χ3n) is 5.06. The van der Waals surface area contributed by atoms with E-state index in [0.717, 1.165) is 29.2 Å². The second kappa shape index (κ2) is 7.30. The number of aromatic amines is 1.